The normalized spacial score (nSPS) is 11.6. The molecule has 5 nitrogen and oxygen atoms in total. The molecule has 0 spiro atoms. The number of esters is 1. The molecular weight excluding hydrogens is 432 g/mol. The summed E-state index contributed by atoms with van der Waals surface area (Å²) in [5.74, 6) is -0.539. The van der Waals surface area contributed by atoms with Gasteiger partial charge in [-0.05, 0) is 25.3 Å². The van der Waals surface area contributed by atoms with Crippen LogP contribution in [0.25, 0.3) is 16.2 Å². The van der Waals surface area contributed by atoms with Gasteiger partial charge < -0.3 is 9.47 Å². The Kier molecular flexibility index (Phi) is 8.06. The predicted octanol–water partition coefficient (Wildman–Crippen LogP) is 6.46. The number of hydrogen-bond donors (Lipinski definition) is 0. The summed E-state index contributed by atoms with van der Waals surface area (Å²) in [6.07, 6.45) is 0.817. The standard InChI is InChI=1S/C27H24N2O3S/c1-5-15-33-19(3)22-16-24(20-13-11-18(2)12-14-20)29-26(23(22)17-28)32-25(27(30)31-4)21-9-7-6-8-10-21/h5-16,25H,3H2,1-2,4H3/b15-5-. The molecule has 2 aromatic carbocycles. The number of hydrogen-bond acceptors (Lipinski definition) is 6. The third-order valence-corrected chi connectivity index (χ3v) is 5.75. The van der Waals surface area contributed by atoms with Crippen molar-refractivity contribution < 1.29 is 14.3 Å². The quantitative estimate of drug-likeness (QED) is 0.362. The Hall–Kier alpha value is -3.82. The lowest BCUT2D eigenvalue weighted by Crippen LogP contribution is -2.21. The summed E-state index contributed by atoms with van der Waals surface area (Å²) >= 11 is 1.40. The Balaban J connectivity index is 2.18. The Bertz CT molecular complexity index is 1210. The lowest BCUT2D eigenvalue weighted by Gasteiger charge is -2.19. The summed E-state index contributed by atoms with van der Waals surface area (Å²) in [4.78, 5) is 17.9. The number of carbonyl (C=O) groups excluding carboxylic acids is 1. The minimum absolute atomic E-state index is 0.0482. The number of pyridine rings is 1. The molecule has 0 fully saturated rings. The highest BCUT2D eigenvalue weighted by molar-refractivity contribution is 8.10. The minimum atomic E-state index is -1.08. The van der Waals surface area contributed by atoms with Crippen LogP contribution in [0.3, 0.4) is 0 Å². The maximum absolute atomic E-state index is 12.6. The van der Waals surface area contributed by atoms with Crippen LogP contribution in [0, 0.1) is 18.3 Å². The smallest absolute Gasteiger partial charge is 0.351 e. The number of ether oxygens (including phenoxy) is 2. The zero-order valence-corrected chi connectivity index (χ0v) is 19.6. The maximum Gasteiger partial charge on any atom is 0.351 e. The molecule has 0 aliphatic rings. The predicted molar refractivity (Wildman–Crippen MR) is 132 cm³/mol. The molecule has 166 valence electrons. The van der Waals surface area contributed by atoms with Crippen molar-refractivity contribution in [1.29, 1.82) is 5.26 Å². The van der Waals surface area contributed by atoms with Crippen LogP contribution in [0.1, 0.15) is 35.3 Å². The first-order valence-corrected chi connectivity index (χ1v) is 11.1. The van der Waals surface area contributed by atoms with Crippen molar-refractivity contribution in [1.82, 2.24) is 4.98 Å². The Labute approximate surface area is 198 Å². The maximum atomic E-state index is 12.6. The Morgan fingerprint density at radius 3 is 2.48 bits per heavy atom. The third-order valence-electron chi connectivity index (χ3n) is 4.84. The van der Waals surface area contributed by atoms with Gasteiger partial charge in [-0.3, -0.25) is 0 Å². The van der Waals surface area contributed by atoms with Crippen molar-refractivity contribution in [2.24, 2.45) is 0 Å². The van der Waals surface area contributed by atoms with E-state index >= 15 is 0 Å². The Morgan fingerprint density at radius 2 is 1.88 bits per heavy atom. The highest BCUT2D eigenvalue weighted by atomic mass is 32.2. The summed E-state index contributed by atoms with van der Waals surface area (Å²) < 4.78 is 11.0. The van der Waals surface area contributed by atoms with Crippen molar-refractivity contribution in [2.75, 3.05) is 7.11 Å². The first-order chi connectivity index (χ1) is 16.0. The molecule has 33 heavy (non-hydrogen) atoms. The molecule has 0 aliphatic carbocycles. The fraction of sp³-hybridized carbons (Fsp3) is 0.148. The van der Waals surface area contributed by atoms with Gasteiger partial charge in [0.2, 0.25) is 12.0 Å². The highest BCUT2D eigenvalue weighted by Gasteiger charge is 2.27. The number of methoxy groups -OCH3 is 1. The van der Waals surface area contributed by atoms with Gasteiger partial charge in [0.05, 0.1) is 12.8 Å². The number of aryl methyl sites for hydroxylation is 1. The number of nitriles is 1. The second-order valence-electron chi connectivity index (χ2n) is 7.16. The minimum Gasteiger partial charge on any atom is -0.466 e. The van der Waals surface area contributed by atoms with Crippen LogP contribution in [0.5, 0.6) is 5.88 Å². The van der Waals surface area contributed by atoms with Crippen LogP contribution in [-0.4, -0.2) is 18.1 Å². The fourth-order valence-electron chi connectivity index (χ4n) is 3.12. The van der Waals surface area contributed by atoms with Crippen LogP contribution in [0.4, 0.5) is 0 Å². The second-order valence-corrected chi connectivity index (χ2v) is 8.16. The molecule has 1 aromatic heterocycles. The van der Waals surface area contributed by atoms with E-state index in [4.69, 9.17) is 9.47 Å². The molecular formula is C27H24N2O3S. The van der Waals surface area contributed by atoms with E-state index in [0.29, 0.717) is 21.7 Å². The van der Waals surface area contributed by atoms with E-state index in [-0.39, 0.29) is 11.4 Å². The van der Waals surface area contributed by atoms with Crippen molar-refractivity contribution in [3.05, 3.63) is 101 Å². The van der Waals surface area contributed by atoms with Crippen molar-refractivity contribution in [2.45, 2.75) is 20.0 Å². The lowest BCUT2D eigenvalue weighted by molar-refractivity contribution is -0.149. The van der Waals surface area contributed by atoms with Gasteiger partial charge in [-0.2, -0.15) is 5.26 Å². The van der Waals surface area contributed by atoms with Gasteiger partial charge in [0.15, 0.2) is 0 Å². The number of rotatable bonds is 8. The van der Waals surface area contributed by atoms with Gasteiger partial charge in [-0.15, -0.1) is 0 Å². The number of allylic oxidation sites excluding steroid dienone is 1. The zero-order valence-electron chi connectivity index (χ0n) is 18.7. The van der Waals surface area contributed by atoms with E-state index in [9.17, 15) is 10.1 Å². The monoisotopic (exact) mass is 456 g/mol. The largest absolute Gasteiger partial charge is 0.466 e. The SMILES string of the molecule is C=C(S/C=C\C)c1cc(-c2ccc(C)cc2)nc(OC(C(=O)OC)c2ccccc2)c1C#N. The molecule has 1 unspecified atom stereocenters. The van der Waals surface area contributed by atoms with Gasteiger partial charge in [-0.25, -0.2) is 9.78 Å². The molecule has 0 bridgehead atoms. The molecule has 0 amide bonds. The number of benzene rings is 2. The molecule has 6 heteroatoms. The molecule has 0 saturated carbocycles. The van der Waals surface area contributed by atoms with Crippen LogP contribution in [-0.2, 0) is 9.53 Å². The fourth-order valence-corrected chi connectivity index (χ4v) is 3.71. The first kappa shape index (κ1) is 23.8. The van der Waals surface area contributed by atoms with E-state index in [0.717, 1.165) is 11.1 Å². The third kappa shape index (κ3) is 5.71. The van der Waals surface area contributed by atoms with E-state index in [2.05, 4.69) is 17.6 Å². The van der Waals surface area contributed by atoms with Crippen LogP contribution in [0.15, 0.2) is 78.7 Å². The molecule has 3 aromatic rings. The highest BCUT2D eigenvalue weighted by Crippen LogP contribution is 2.37. The van der Waals surface area contributed by atoms with Gasteiger partial charge in [0, 0.05) is 21.6 Å². The van der Waals surface area contributed by atoms with Crippen LogP contribution < -0.4 is 4.74 Å². The first-order valence-electron chi connectivity index (χ1n) is 10.3. The van der Waals surface area contributed by atoms with Crippen molar-refractivity contribution in [3.8, 4) is 23.2 Å². The molecule has 0 N–H and O–H groups in total. The number of aromatic nitrogens is 1. The van der Waals surface area contributed by atoms with E-state index < -0.39 is 12.1 Å². The number of thioether (sulfide) groups is 1. The summed E-state index contributed by atoms with van der Waals surface area (Å²) in [6.45, 7) is 8.05. The van der Waals surface area contributed by atoms with E-state index in [1.165, 1.54) is 18.9 Å². The van der Waals surface area contributed by atoms with Gasteiger partial charge >= 0.3 is 5.97 Å². The molecule has 0 radical (unpaired) electrons. The van der Waals surface area contributed by atoms with Crippen molar-refractivity contribution in [3.63, 3.8) is 0 Å². The van der Waals surface area contributed by atoms with Crippen LogP contribution >= 0.6 is 11.8 Å². The second kappa shape index (κ2) is 11.2. The van der Waals surface area contributed by atoms with Gasteiger partial charge in [-0.1, -0.05) is 84.6 Å². The molecule has 0 saturated heterocycles. The molecule has 1 heterocycles. The summed E-state index contributed by atoms with van der Waals surface area (Å²) in [5, 5.41) is 11.9. The van der Waals surface area contributed by atoms with Gasteiger partial charge in [0.25, 0.3) is 0 Å². The summed E-state index contributed by atoms with van der Waals surface area (Å²) in [6, 6.07) is 20.9. The average molecular weight is 457 g/mol. The summed E-state index contributed by atoms with van der Waals surface area (Å²) in [7, 11) is 1.30. The Morgan fingerprint density at radius 1 is 1.18 bits per heavy atom. The summed E-state index contributed by atoms with van der Waals surface area (Å²) in [5.41, 5.74) is 3.98. The van der Waals surface area contributed by atoms with Crippen molar-refractivity contribution >= 4 is 22.6 Å². The zero-order chi connectivity index (χ0) is 23.8. The van der Waals surface area contributed by atoms with E-state index in [1.54, 1.807) is 24.3 Å². The average Bonchev–Trinajstić information content (AvgIpc) is 2.85. The number of carbonyl (C=O) groups is 1. The lowest BCUT2D eigenvalue weighted by atomic mass is 10.0. The molecule has 1 atom stereocenters. The molecule has 0 aliphatic heterocycles. The molecule has 3 rings (SSSR count). The topological polar surface area (TPSA) is 72.2 Å². The van der Waals surface area contributed by atoms with E-state index in [1.807, 2.05) is 61.7 Å². The number of nitrogens with zero attached hydrogens (tertiary/aromatic N) is 2. The van der Waals surface area contributed by atoms with Gasteiger partial charge in [0.1, 0.15) is 11.6 Å². The van der Waals surface area contributed by atoms with Crippen LogP contribution in [0.2, 0.25) is 0 Å².